The van der Waals surface area contributed by atoms with Crippen LogP contribution in [0.1, 0.15) is 11.1 Å². The number of carboxylic acid groups (broad SMARTS) is 2. The van der Waals surface area contributed by atoms with E-state index in [1.165, 1.54) is 4.90 Å². The van der Waals surface area contributed by atoms with Gasteiger partial charge in [-0.15, -0.1) is 0 Å². The van der Waals surface area contributed by atoms with Gasteiger partial charge in [-0.25, -0.2) is 0 Å². The summed E-state index contributed by atoms with van der Waals surface area (Å²) in [5.41, 5.74) is 1.03. The van der Waals surface area contributed by atoms with Crippen LogP contribution in [0.3, 0.4) is 0 Å². The molecule has 18 heavy (non-hydrogen) atoms. The fourth-order valence-electron chi connectivity index (χ4n) is 1.56. The first-order chi connectivity index (χ1) is 8.52. The molecule has 6 nitrogen and oxygen atoms in total. The minimum Gasteiger partial charge on any atom is -0.480 e. The number of nitrogens with zero attached hydrogens (tertiary/aromatic N) is 2. The highest BCUT2D eigenvalue weighted by molar-refractivity contribution is 5.72. The molecule has 0 amide bonds. The fraction of sp³-hybridized carbons (Fsp3) is 0.250. The molecular formula is C12H12N2O4. The van der Waals surface area contributed by atoms with Gasteiger partial charge in [0.1, 0.15) is 0 Å². The van der Waals surface area contributed by atoms with Crippen LogP contribution >= 0.6 is 0 Å². The van der Waals surface area contributed by atoms with Crippen LogP contribution in [0.5, 0.6) is 0 Å². The van der Waals surface area contributed by atoms with Gasteiger partial charge in [0.05, 0.1) is 24.7 Å². The molecule has 94 valence electrons. The highest BCUT2D eigenvalue weighted by atomic mass is 16.4. The first-order valence-corrected chi connectivity index (χ1v) is 5.17. The molecule has 0 saturated heterocycles. The largest absolute Gasteiger partial charge is 0.480 e. The molecule has 0 unspecified atom stereocenters. The van der Waals surface area contributed by atoms with E-state index in [9.17, 15) is 9.59 Å². The lowest BCUT2D eigenvalue weighted by atomic mass is 10.1. The smallest absolute Gasteiger partial charge is 0.317 e. The van der Waals surface area contributed by atoms with Crippen LogP contribution in [0.2, 0.25) is 0 Å². The summed E-state index contributed by atoms with van der Waals surface area (Å²) < 4.78 is 0. The van der Waals surface area contributed by atoms with E-state index in [4.69, 9.17) is 15.5 Å². The van der Waals surface area contributed by atoms with Crippen molar-refractivity contribution in [1.82, 2.24) is 4.90 Å². The third kappa shape index (κ3) is 4.23. The van der Waals surface area contributed by atoms with Gasteiger partial charge in [0.2, 0.25) is 0 Å². The van der Waals surface area contributed by atoms with Gasteiger partial charge in [0, 0.05) is 6.54 Å². The lowest BCUT2D eigenvalue weighted by Gasteiger charge is -2.18. The maximum atomic E-state index is 10.6. The summed E-state index contributed by atoms with van der Waals surface area (Å²) in [6, 6.07) is 8.68. The molecular weight excluding hydrogens is 236 g/mol. The van der Waals surface area contributed by atoms with Crippen LogP contribution < -0.4 is 0 Å². The molecule has 0 aliphatic carbocycles. The Morgan fingerprint density at radius 1 is 1.17 bits per heavy atom. The van der Waals surface area contributed by atoms with E-state index < -0.39 is 11.9 Å². The third-order valence-electron chi connectivity index (χ3n) is 2.25. The molecule has 2 N–H and O–H groups in total. The van der Waals surface area contributed by atoms with Gasteiger partial charge in [-0.2, -0.15) is 5.26 Å². The lowest BCUT2D eigenvalue weighted by molar-refractivity contribution is -0.142. The SMILES string of the molecule is N#Cc1ccccc1CN(CC(=O)O)CC(=O)O. The molecule has 0 atom stereocenters. The van der Waals surface area contributed by atoms with Crippen molar-refractivity contribution in [2.24, 2.45) is 0 Å². The standard InChI is InChI=1S/C12H12N2O4/c13-5-9-3-1-2-4-10(9)6-14(7-11(15)16)8-12(17)18/h1-4H,6-8H2,(H,15,16)(H,17,18). The van der Waals surface area contributed by atoms with Gasteiger partial charge < -0.3 is 10.2 Å². The highest BCUT2D eigenvalue weighted by Crippen LogP contribution is 2.10. The van der Waals surface area contributed by atoms with E-state index in [-0.39, 0.29) is 19.6 Å². The summed E-state index contributed by atoms with van der Waals surface area (Å²) in [7, 11) is 0. The molecule has 0 radical (unpaired) electrons. The molecule has 0 saturated carbocycles. The van der Waals surface area contributed by atoms with Gasteiger partial charge in [-0.05, 0) is 11.6 Å². The van der Waals surface area contributed by atoms with Crippen molar-refractivity contribution in [2.75, 3.05) is 13.1 Å². The predicted molar refractivity (Wildman–Crippen MR) is 61.7 cm³/mol. The van der Waals surface area contributed by atoms with Crippen LogP contribution in [0.15, 0.2) is 24.3 Å². The van der Waals surface area contributed by atoms with Gasteiger partial charge in [0.25, 0.3) is 0 Å². The van der Waals surface area contributed by atoms with Gasteiger partial charge in [0.15, 0.2) is 0 Å². The molecule has 6 heteroatoms. The average molecular weight is 248 g/mol. The first kappa shape index (κ1) is 13.7. The lowest BCUT2D eigenvalue weighted by Crippen LogP contribution is -2.34. The van der Waals surface area contributed by atoms with Gasteiger partial charge >= 0.3 is 11.9 Å². The molecule has 0 aliphatic rings. The van der Waals surface area contributed by atoms with Crippen molar-refractivity contribution in [3.63, 3.8) is 0 Å². The van der Waals surface area contributed by atoms with E-state index in [1.807, 2.05) is 6.07 Å². The summed E-state index contributed by atoms with van der Waals surface area (Å²) in [5, 5.41) is 26.3. The number of nitriles is 1. The molecule has 0 heterocycles. The predicted octanol–water partition coefficient (Wildman–Crippen LogP) is 0.529. The Morgan fingerprint density at radius 3 is 2.22 bits per heavy atom. The Balaban J connectivity index is 2.85. The second-order valence-corrected chi connectivity index (χ2v) is 3.70. The third-order valence-corrected chi connectivity index (χ3v) is 2.25. The molecule has 1 aromatic carbocycles. The first-order valence-electron chi connectivity index (χ1n) is 5.17. The number of hydrogen-bond acceptors (Lipinski definition) is 4. The Hall–Kier alpha value is -2.39. The summed E-state index contributed by atoms with van der Waals surface area (Å²) in [6.45, 7) is -0.652. The number of hydrogen-bond donors (Lipinski definition) is 2. The Bertz CT molecular complexity index is 477. The van der Waals surface area contributed by atoms with Crippen molar-refractivity contribution in [2.45, 2.75) is 6.54 Å². The zero-order chi connectivity index (χ0) is 13.5. The number of aliphatic carboxylic acids is 2. The molecule has 0 aliphatic heterocycles. The zero-order valence-electron chi connectivity index (χ0n) is 9.54. The summed E-state index contributed by atoms with van der Waals surface area (Å²) >= 11 is 0. The molecule has 0 spiro atoms. The van der Waals surface area contributed by atoms with Crippen LogP contribution in [-0.2, 0) is 16.1 Å². The van der Waals surface area contributed by atoms with Crippen molar-refractivity contribution in [1.29, 1.82) is 5.26 Å². The highest BCUT2D eigenvalue weighted by Gasteiger charge is 2.15. The average Bonchev–Trinajstić information content (AvgIpc) is 2.27. The topological polar surface area (TPSA) is 102 Å². The maximum absolute atomic E-state index is 10.6. The maximum Gasteiger partial charge on any atom is 0.317 e. The summed E-state index contributed by atoms with van der Waals surface area (Å²) in [4.78, 5) is 22.5. The van der Waals surface area contributed by atoms with Crippen molar-refractivity contribution in [3.05, 3.63) is 35.4 Å². The van der Waals surface area contributed by atoms with Crippen LogP contribution in [0, 0.1) is 11.3 Å². The van der Waals surface area contributed by atoms with Gasteiger partial charge in [-0.3, -0.25) is 14.5 Å². The second-order valence-electron chi connectivity index (χ2n) is 3.70. The summed E-state index contributed by atoms with van der Waals surface area (Å²) in [5.74, 6) is -2.21. The number of rotatable bonds is 6. The molecule has 0 fully saturated rings. The Kier molecular flexibility index (Phi) is 4.84. The van der Waals surface area contributed by atoms with Crippen LogP contribution in [0.4, 0.5) is 0 Å². The van der Waals surface area contributed by atoms with Crippen molar-refractivity contribution < 1.29 is 19.8 Å². The van der Waals surface area contributed by atoms with E-state index in [2.05, 4.69) is 0 Å². The van der Waals surface area contributed by atoms with Gasteiger partial charge in [-0.1, -0.05) is 18.2 Å². The molecule has 1 rings (SSSR count). The summed E-state index contributed by atoms with van der Waals surface area (Å²) in [6.07, 6.45) is 0. The van der Waals surface area contributed by atoms with Crippen molar-refractivity contribution in [3.8, 4) is 6.07 Å². The Labute approximate surface area is 104 Å². The number of benzene rings is 1. The quantitative estimate of drug-likeness (QED) is 0.761. The Morgan fingerprint density at radius 2 is 1.72 bits per heavy atom. The fourth-order valence-corrected chi connectivity index (χ4v) is 1.56. The minimum atomic E-state index is -1.11. The minimum absolute atomic E-state index is 0.113. The van der Waals surface area contributed by atoms with Crippen molar-refractivity contribution >= 4 is 11.9 Å². The number of carbonyl (C=O) groups is 2. The van der Waals surface area contributed by atoms with E-state index in [0.29, 0.717) is 11.1 Å². The second kappa shape index (κ2) is 6.37. The molecule has 0 bridgehead atoms. The van der Waals surface area contributed by atoms with Crippen LogP contribution in [-0.4, -0.2) is 40.1 Å². The zero-order valence-corrected chi connectivity index (χ0v) is 9.54. The number of carboxylic acids is 2. The van der Waals surface area contributed by atoms with E-state index in [1.54, 1.807) is 24.3 Å². The van der Waals surface area contributed by atoms with E-state index >= 15 is 0 Å². The van der Waals surface area contributed by atoms with Crippen LogP contribution in [0.25, 0.3) is 0 Å². The monoisotopic (exact) mass is 248 g/mol. The molecule has 0 aromatic heterocycles. The van der Waals surface area contributed by atoms with E-state index in [0.717, 1.165) is 0 Å². The molecule has 1 aromatic rings. The normalized spacial score (nSPS) is 10.0.